The SMILES string of the molecule is COc1c(C)cc2c(c1O)C1[C@@H]3Cc4c(OC(C)=O)c(C)c5c(c4[C@H](CNC(C)=O)N3C(C#N)C(C2)N1C)OCO5. The van der Waals surface area contributed by atoms with Gasteiger partial charge in [-0.25, -0.2) is 0 Å². The Hall–Kier alpha value is -4.01. The lowest BCUT2D eigenvalue weighted by molar-refractivity contribution is -0.132. The van der Waals surface area contributed by atoms with Crippen LogP contribution in [0, 0.1) is 25.2 Å². The first-order valence-electron chi connectivity index (χ1n) is 13.7. The van der Waals surface area contributed by atoms with Crippen LogP contribution in [0.2, 0.25) is 0 Å². The number of amides is 1. The van der Waals surface area contributed by atoms with E-state index in [1.165, 1.54) is 13.8 Å². The highest BCUT2D eigenvalue weighted by molar-refractivity contribution is 5.75. The van der Waals surface area contributed by atoms with E-state index in [-0.39, 0.29) is 43.1 Å². The number of hydrogen-bond acceptors (Lipinski definition) is 10. The largest absolute Gasteiger partial charge is 0.504 e. The van der Waals surface area contributed by atoms with Crippen LogP contribution in [0.1, 0.15) is 59.3 Å². The first-order chi connectivity index (χ1) is 19.6. The number of ether oxygens (including phenoxy) is 4. The minimum atomic E-state index is -0.540. The van der Waals surface area contributed by atoms with Crippen molar-refractivity contribution < 1.29 is 33.6 Å². The molecule has 2 bridgehead atoms. The highest BCUT2D eigenvalue weighted by Crippen LogP contribution is 2.58. The van der Waals surface area contributed by atoms with Crippen LogP contribution in [0.25, 0.3) is 0 Å². The van der Waals surface area contributed by atoms with Crippen molar-refractivity contribution in [1.82, 2.24) is 15.1 Å². The number of likely N-dealkylation sites (N-methyl/N-ethyl adjacent to an activating group) is 1. The van der Waals surface area contributed by atoms with Crippen LogP contribution in [-0.2, 0) is 22.4 Å². The van der Waals surface area contributed by atoms with Gasteiger partial charge in [-0.2, -0.15) is 5.26 Å². The second-order valence-electron chi connectivity index (χ2n) is 11.3. The monoisotopic (exact) mass is 562 g/mol. The predicted octanol–water partition coefficient (Wildman–Crippen LogP) is 2.58. The molecule has 0 aromatic heterocycles. The zero-order chi connectivity index (χ0) is 29.3. The normalized spacial score (nSPS) is 25.8. The molecule has 11 nitrogen and oxygen atoms in total. The van der Waals surface area contributed by atoms with E-state index >= 15 is 0 Å². The number of hydrogen-bond donors (Lipinski definition) is 2. The molecule has 2 aromatic rings. The van der Waals surface area contributed by atoms with E-state index in [0.29, 0.717) is 41.4 Å². The maximum atomic E-state index is 12.3. The fraction of sp³-hybridized carbons (Fsp3) is 0.500. The summed E-state index contributed by atoms with van der Waals surface area (Å²) in [4.78, 5) is 28.8. The van der Waals surface area contributed by atoms with Gasteiger partial charge in [0, 0.05) is 54.7 Å². The van der Waals surface area contributed by atoms with Gasteiger partial charge in [-0.1, -0.05) is 6.07 Å². The quantitative estimate of drug-likeness (QED) is 0.423. The summed E-state index contributed by atoms with van der Waals surface area (Å²) in [5.74, 6) is 1.30. The lowest BCUT2D eigenvalue weighted by Crippen LogP contribution is -2.68. The molecule has 216 valence electrons. The Morgan fingerprint density at radius 2 is 1.88 bits per heavy atom. The molecule has 2 aromatic carbocycles. The van der Waals surface area contributed by atoms with Crippen LogP contribution in [0.5, 0.6) is 28.7 Å². The topological polar surface area (TPSA) is 134 Å². The summed E-state index contributed by atoms with van der Waals surface area (Å²) in [7, 11) is 3.53. The summed E-state index contributed by atoms with van der Waals surface area (Å²) in [6.45, 7) is 6.76. The number of phenols is 1. The lowest BCUT2D eigenvalue weighted by Gasteiger charge is -2.60. The van der Waals surface area contributed by atoms with Gasteiger partial charge in [0.1, 0.15) is 11.8 Å². The summed E-state index contributed by atoms with van der Waals surface area (Å²) in [5.41, 5.74) is 4.76. The van der Waals surface area contributed by atoms with Crippen molar-refractivity contribution in [3.63, 3.8) is 0 Å². The third-order valence-corrected chi connectivity index (χ3v) is 9.06. The van der Waals surface area contributed by atoms with E-state index in [9.17, 15) is 20.0 Å². The Kier molecular flexibility index (Phi) is 6.51. The number of carbonyl (C=O) groups is 2. The van der Waals surface area contributed by atoms with E-state index in [1.807, 2.05) is 27.0 Å². The molecule has 1 saturated heterocycles. The van der Waals surface area contributed by atoms with E-state index in [0.717, 1.165) is 27.8 Å². The number of aryl methyl sites for hydroxylation is 1. The number of methoxy groups -OCH3 is 1. The minimum Gasteiger partial charge on any atom is -0.504 e. The van der Waals surface area contributed by atoms with E-state index in [2.05, 4.69) is 21.2 Å². The molecule has 41 heavy (non-hydrogen) atoms. The number of nitrogens with one attached hydrogen (secondary N) is 1. The van der Waals surface area contributed by atoms with E-state index < -0.39 is 18.1 Å². The maximum Gasteiger partial charge on any atom is 0.308 e. The molecule has 4 heterocycles. The molecule has 4 aliphatic rings. The Bertz CT molecular complexity index is 1520. The lowest BCUT2D eigenvalue weighted by atomic mass is 9.71. The standard InChI is InChI=1S/C30H34N4O7/c1-13-7-17-8-19-21(10-31)34-20(25(33(19)5)23(17)26(37)27(13)38-6)9-18-24(22(34)11-32-15(3)35)30-29(39-12-40-30)14(2)28(18)41-16(4)36/h7,19-22,25,37H,8-9,11-12H2,1-6H3,(H,32,35)/t19?,20-,21?,22-,25?/m0/s1. The van der Waals surface area contributed by atoms with Crippen LogP contribution >= 0.6 is 0 Å². The molecule has 0 saturated carbocycles. The average molecular weight is 563 g/mol. The summed E-state index contributed by atoms with van der Waals surface area (Å²) in [6.07, 6.45) is 0.965. The molecule has 11 heteroatoms. The number of nitriles is 1. The highest BCUT2D eigenvalue weighted by Gasteiger charge is 2.56. The number of esters is 1. The number of rotatable bonds is 4. The predicted molar refractivity (Wildman–Crippen MR) is 146 cm³/mol. The molecular formula is C30H34N4O7. The second kappa shape index (κ2) is 9.82. The Balaban J connectivity index is 1.63. The molecule has 0 aliphatic carbocycles. The molecule has 6 rings (SSSR count). The fourth-order valence-electron chi connectivity index (χ4n) is 7.55. The molecule has 0 spiro atoms. The van der Waals surface area contributed by atoms with Crippen LogP contribution in [0.15, 0.2) is 6.07 Å². The van der Waals surface area contributed by atoms with Crippen LogP contribution < -0.4 is 24.3 Å². The van der Waals surface area contributed by atoms with Crippen molar-refractivity contribution in [2.24, 2.45) is 0 Å². The summed E-state index contributed by atoms with van der Waals surface area (Å²) in [5, 5.41) is 25.2. The number of fused-ring (bicyclic) bond motifs is 9. The zero-order valence-electron chi connectivity index (χ0n) is 24.0. The number of piperazine rings is 1. The number of nitrogens with zero attached hydrogens (tertiary/aromatic N) is 3. The van der Waals surface area contributed by atoms with Crippen LogP contribution in [0.4, 0.5) is 0 Å². The number of benzene rings is 2. The summed E-state index contributed by atoms with van der Waals surface area (Å²) < 4.78 is 23.3. The van der Waals surface area contributed by atoms with Gasteiger partial charge in [-0.15, -0.1) is 0 Å². The Labute approximate surface area is 238 Å². The van der Waals surface area contributed by atoms with Crippen LogP contribution in [0.3, 0.4) is 0 Å². The van der Waals surface area contributed by atoms with E-state index in [4.69, 9.17) is 18.9 Å². The van der Waals surface area contributed by atoms with Gasteiger partial charge in [0.05, 0.1) is 25.3 Å². The van der Waals surface area contributed by atoms with Crippen molar-refractivity contribution in [1.29, 1.82) is 5.26 Å². The van der Waals surface area contributed by atoms with Gasteiger partial charge in [0.15, 0.2) is 23.0 Å². The molecular weight excluding hydrogens is 528 g/mol. The van der Waals surface area contributed by atoms with Crippen molar-refractivity contribution >= 4 is 11.9 Å². The first kappa shape index (κ1) is 27.2. The highest BCUT2D eigenvalue weighted by atomic mass is 16.7. The summed E-state index contributed by atoms with van der Waals surface area (Å²) in [6, 6.07) is 2.78. The third kappa shape index (κ3) is 3.92. The second-order valence-corrected chi connectivity index (χ2v) is 11.3. The molecule has 2 N–H and O–H groups in total. The van der Waals surface area contributed by atoms with Crippen molar-refractivity contribution in [2.45, 2.75) is 70.7 Å². The van der Waals surface area contributed by atoms with Gasteiger partial charge in [-0.3, -0.25) is 19.4 Å². The zero-order valence-corrected chi connectivity index (χ0v) is 24.0. The van der Waals surface area contributed by atoms with E-state index in [1.54, 1.807) is 7.11 Å². The summed E-state index contributed by atoms with van der Waals surface area (Å²) >= 11 is 0. The van der Waals surface area contributed by atoms with Crippen molar-refractivity contribution in [2.75, 3.05) is 27.5 Å². The number of phenolic OH excluding ortho intramolecular Hbond substituents is 1. The first-order valence-corrected chi connectivity index (χ1v) is 13.7. The number of aromatic hydroxyl groups is 1. The van der Waals surface area contributed by atoms with Gasteiger partial charge >= 0.3 is 5.97 Å². The Morgan fingerprint density at radius 1 is 1.15 bits per heavy atom. The smallest absolute Gasteiger partial charge is 0.308 e. The van der Waals surface area contributed by atoms with Gasteiger partial charge in [0.2, 0.25) is 12.7 Å². The van der Waals surface area contributed by atoms with Crippen molar-refractivity contribution in [3.05, 3.63) is 39.4 Å². The molecule has 1 amide bonds. The fourth-order valence-corrected chi connectivity index (χ4v) is 7.55. The van der Waals surface area contributed by atoms with Gasteiger partial charge in [-0.05, 0) is 44.9 Å². The van der Waals surface area contributed by atoms with Crippen LogP contribution in [-0.4, -0.2) is 72.4 Å². The average Bonchev–Trinajstić information content (AvgIpc) is 3.40. The third-order valence-electron chi connectivity index (χ3n) is 9.06. The Morgan fingerprint density at radius 3 is 2.54 bits per heavy atom. The van der Waals surface area contributed by atoms with Gasteiger partial charge in [0.25, 0.3) is 0 Å². The molecule has 0 radical (unpaired) electrons. The molecule has 5 atom stereocenters. The minimum absolute atomic E-state index is 0.0124. The number of carbonyl (C=O) groups excluding carboxylic acids is 2. The van der Waals surface area contributed by atoms with Crippen molar-refractivity contribution in [3.8, 4) is 34.8 Å². The molecule has 4 aliphatic heterocycles. The maximum absolute atomic E-state index is 12.3. The molecule has 3 unspecified atom stereocenters. The molecule has 1 fully saturated rings. The van der Waals surface area contributed by atoms with Gasteiger partial charge < -0.3 is 29.4 Å².